The van der Waals surface area contributed by atoms with E-state index in [2.05, 4.69) is 10.6 Å². The van der Waals surface area contributed by atoms with Crippen molar-refractivity contribution in [3.8, 4) is 0 Å². The molecule has 24 heavy (non-hydrogen) atoms. The van der Waals surface area contributed by atoms with Gasteiger partial charge in [0.15, 0.2) is 0 Å². The van der Waals surface area contributed by atoms with Crippen molar-refractivity contribution in [2.45, 2.75) is 31.7 Å². The van der Waals surface area contributed by atoms with Crippen molar-refractivity contribution in [3.63, 3.8) is 0 Å². The largest absolute Gasteiger partial charge is 0.338 e. The highest BCUT2D eigenvalue weighted by atomic mass is 19.3. The van der Waals surface area contributed by atoms with Gasteiger partial charge in [-0.3, -0.25) is 4.90 Å². The molecule has 0 spiro atoms. The number of hydrogen-bond acceptors (Lipinski definition) is 2. The summed E-state index contributed by atoms with van der Waals surface area (Å²) in [6.45, 7) is 1.03. The molecule has 0 radical (unpaired) electrons. The van der Waals surface area contributed by atoms with Gasteiger partial charge >= 0.3 is 6.03 Å². The van der Waals surface area contributed by atoms with Crippen LogP contribution in [0.15, 0.2) is 18.2 Å². The monoisotopic (exact) mass is 347 g/mol. The zero-order valence-electron chi connectivity index (χ0n) is 13.2. The molecule has 2 N–H and O–H groups in total. The highest BCUT2D eigenvalue weighted by molar-refractivity contribution is 5.74. The molecular formula is C16H21F4N3O. The predicted molar refractivity (Wildman–Crippen MR) is 82.1 cm³/mol. The summed E-state index contributed by atoms with van der Waals surface area (Å²) >= 11 is 0. The summed E-state index contributed by atoms with van der Waals surface area (Å²) < 4.78 is 50.8. The van der Waals surface area contributed by atoms with Crippen LogP contribution in [0.25, 0.3) is 0 Å². The van der Waals surface area contributed by atoms with Gasteiger partial charge in [-0.05, 0) is 30.9 Å². The third-order valence-electron chi connectivity index (χ3n) is 4.01. The molecule has 2 rings (SSSR count). The molecule has 2 amide bonds. The molecule has 0 unspecified atom stereocenters. The van der Waals surface area contributed by atoms with Crippen molar-refractivity contribution >= 4 is 6.03 Å². The number of halogens is 4. The van der Waals surface area contributed by atoms with Crippen molar-refractivity contribution in [3.05, 3.63) is 35.4 Å². The first-order valence-corrected chi connectivity index (χ1v) is 7.93. The summed E-state index contributed by atoms with van der Waals surface area (Å²) in [7, 11) is 0. The molecule has 1 aliphatic rings. The van der Waals surface area contributed by atoms with Crippen LogP contribution in [-0.2, 0) is 6.42 Å². The lowest BCUT2D eigenvalue weighted by atomic mass is 10.1. The maximum Gasteiger partial charge on any atom is 0.315 e. The molecule has 0 bridgehead atoms. The van der Waals surface area contributed by atoms with Crippen molar-refractivity contribution in [2.75, 3.05) is 26.2 Å². The fraction of sp³-hybridized carbons (Fsp3) is 0.562. The van der Waals surface area contributed by atoms with Gasteiger partial charge in [0.05, 0.1) is 6.54 Å². The van der Waals surface area contributed by atoms with E-state index in [1.165, 1.54) is 12.1 Å². The van der Waals surface area contributed by atoms with Crippen LogP contribution < -0.4 is 10.6 Å². The highest BCUT2D eigenvalue weighted by Crippen LogP contribution is 2.12. The molecule has 1 aromatic carbocycles. The van der Waals surface area contributed by atoms with E-state index in [9.17, 15) is 22.4 Å². The lowest BCUT2D eigenvalue weighted by Gasteiger charge is -2.32. The SMILES string of the molecule is O=C(NCCc1ccc(F)cc1F)NC1CCN(CC(F)F)CC1. The van der Waals surface area contributed by atoms with Crippen molar-refractivity contribution < 1.29 is 22.4 Å². The molecule has 1 saturated heterocycles. The number of nitrogens with one attached hydrogen (secondary N) is 2. The van der Waals surface area contributed by atoms with E-state index in [0.29, 0.717) is 31.5 Å². The lowest BCUT2D eigenvalue weighted by Crippen LogP contribution is -2.48. The normalized spacial score (nSPS) is 16.4. The van der Waals surface area contributed by atoms with Gasteiger partial charge in [0.25, 0.3) is 6.43 Å². The van der Waals surface area contributed by atoms with Gasteiger partial charge in [-0.1, -0.05) is 6.07 Å². The van der Waals surface area contributed by atoms with Crippen molar-refractivity contribution in [1.29, 1.82) is 0 Å². The summed E-state index contributed by atoms with van der Waals surface area (Å²) in [5.74, 6) is -1.27. The minimum Gasteiger partial charge on any atom is -0.338 e. The Balaban J connectivity index is 1.65. The number of piperidine rings is 1. The third-order valence-corrected chi connectivity index (χ3v) is 4.01. The summed E-state index contributed by atoms with van der Waals surface area (Å²) in [5, 5.41) is 5.40. The van der Waals surface area contributed by atoms with E-state index in [1.807, 2.05) is 0 Å². The van der Waals surface area contributed by atoms with Crippen molar-refractivity contribution in [2.24, 2.45) is 0 Å². The summed E-state index contributed by atoms with van der Waals surface area (Å²) in [5.41, 5.74) is 0.331. The van der Waals surface area contributed by atoms with E-state index in [0.717, 1.165) is 6.07 Å². The van der Waals surface area contributed by atoms with Crippen LogP contribution >= 0.6 is 0 Å². The van der Waals surface area contributed by atoms with Crippen LogP contribution in [0.4, 0.5) is 22.4 Å². The molecule has 134 valence electrons. The number of carbonyl (C=O) groups is 1. The molecule has 1 aliphatic heterocycles. The maximum atomic E-state index is 13.4. The van der Waals surface area contributed by atoms with Crippen molar-refractivity contribution in [1.82, 2.24) is 15.5 Å². The maximum absolute atomic E-state index is 13.4. The molecule has 1 heterocycles. The van der Waals surface area contributed by atoms with Gasteiger partial charge in [0.1, 0.15) is 11.6 Å². The first-order chi connectivity index (χ1) is 11.4. The van der Waals surface area contributed by atoms with Crippen LogP contribution in [0.1, 0.15) is 18.4 Å². The number of carbonyl (C=O) groups excluding carboxylic acids is 1. The molecule has 0 atom stereocenters. The number of likely N-dealkylation sites (tertiary alicyclic amines) is 1. The van der Waals surface area contributed by atoms with E-state index < -0.39 is 18.1 Å². The van der Waals surface area contributed by atoms with Gasteiger partial charge in [0, 0.05) is 31.7 Å². The molecule has 0 saturated carbocycles. The van der Waals surface area contributed by atoms with Gasteiger partial charge < -0.3 is 10.6 Å². The average molecular weight is 347 g/mol. The van der Waals surface area contributed by atoms with Gasteiger partial charge in [-0.25, -0.2) is 22.4 Å². The standard InChI is InChI=1S/C16H21F4N3O/c17-12-2-1-11(14(18)9-12)3-6-21-16(24)22-13-4-7-23(8-5-13)10-15(19)20/h1-2,9,13,15H,3-8,10H2,(H2,21,22,24). The summed E-state index contributed by atoms with van der Waals surface area (Å²) in [6.07, 6.45) is -0.851. The summed E-state index contributed by atoms with van der Waals surface area (Å²) in [4.78, 5) is 13.5. The van der Waals surface area contributed by atoms with Crippen LogP contribution in [-0.4, -0.2) is 49.6 Å². The second kappa shape index (κ2) is 8.86. The molecule has 4 nitrogen and oxygen atoms in total. The van der Waals surface area contributed by atoms with Crippen LogP contribution in [0.5, 0.6) is 0 Å². The minimum absolute atomic E-state index is 0.0542. The lowest BCUT2D eigenvalue weighted by molar-refractivity contribution is 0.0737. The Morgan fingerprint density at radius 1 is 1.25 bits per heavy atom. The minimum atomic E-state index is -2.34. The number of urea groups is 1. The van der Waals surface area contributed by atoms with Gasteiger partial charge in [-0.2, -0.15) is 0 Å². The topological polar surface area (TPSA) is 44.4 Å². The molecule has 1 aromatic rings. The second-order valence-electron chi connectivity index (χ2n) is 5.85. The fourth-order valence-corrected chi connectivity index (χ4v) is 2.73. The van der Waals surface area contributed by atoms with Crippen LogP contribution in [0.2, 0.25) is 0 Å². The predicted octanol–water partition coefficient (Wildman–Crippen LogP) is 2.54. The Kier molecular flexibility index (Phi) is 6.84. The third kappa shape index (κ3) is 5.99. The van der Waals surface area contributed by atoms with E-state index in [4.69, 9.17) is 0 Å². The Hall–Kier alpha value is -1.83. The van der Waals surface area contributed by atoms with E-state index in [-0.39, 0.29) is 31.6 Å². The van der Waals surface area contributed by atoms with E-state index >= 15 is 0 Å². The number of rotatable bonds is 6. The first-order valence-electron chi connectivity index (χ1n) is 7.93. The molecular weight excluding hydrogens is 326 g/mol. The Labute approximate surface area is 138 Å². The molecule has 0 aliphatic carbocycles. The Morgan fingerprint density at radius 2 is 1.96 bits per heavy atom. The quantitative estimate of drug-likeness (QED) is 0.777. The highest BCUT2D eigenvalue weighted by Gasteiger charge is 2.22. The molecule has 0 aromatic heterocycles. The second-order valence-corrected chi connectivity index (χ2v) is 5.85. The van der Waals surface area contributed by atoms with Crippen LogP contribution in [0, 0.1) is 11.6 Å². The number of alkyl halides is 2. The van der Waals surface area contributed by atoms with E-state index in [1.54, 1.807) is 4.90 Å². The summed E-state index contributed by atoms with van der Waals surface area (Å²) in [6, 6.07) is 2.91. The number of amides is 2. The number of nitrogens with zero attached hydrogens (tertiary/aromatic N) is 1. The average Bonchev–Trinajstić information content (AvgIpc) is 2.51. The molecule has 1 fully saturated rings. The first kappa shape index (κ1) is 18.5. The smallest absolute Gasteiger partial charge is 0.315 e. The van der Waals surface area contributed by atoms with Gasteiger partial charge in [-0.15, -0.1) is 0 Å². The van der Waals surface area contributed by atoms with Gasteiger partial charge in [0.2, 0.25) is 0 Å². The Morgan fingerprint density at radius 3 is 2.58 bits per heavy atom. The fourth-order valence-electron chi connectivity index (χ4n) is 2.73. The number of benzene rings is 1. The zero-order valence-corrected chi connectivity index (χ0v) is 13.2. The van der Waals surface area contributed by atoms with Crippen LogP contribution in [0.3, 0.4) is 0 Å². The molecule has 8 heteroatoms. The zero-order chi connectivity index (χ0) is 17.5. The Bertz CT molecular complexity index is 548. The number of hydrogen-bond donors (Lipinski definition) is 2.